The third kappa shape index (κ3) is 14.8. The van der Waals surface area contributed by atoms with Crippen molar-refractivity contribution in [3.63, 3.8) is 0 Å². The molecule has 6 rings (SSSR count). The molecule has 0 atom stereocenters. The fraction of sp³-hybridized carbons (Fsp3) is 0.452. The highest BCUT2D eigenvalue weighted by molar-refractivity contribution is 5.93. The quantitative estimate of drug-likeness (QED) is 0.0693. The number of carbonyl (C=O) groups is 5. The van der Waals surface area contributed by atoms with Gasteiger partial charge in [-0.15, -0.1) is 0 Å². The van der Waals surface area contributed by atoms with E-state index in [1.807, 2.05) is 13.8 Å². The van der Waals surface area contributed by atoms with E-state index < -0.39 is 0 Å². The van der Waals surface area contributed by atoms with E-state index in [1.54, 1.807) is 30.3 Å². The van der Waals surface area contributed by atoms with E-state index in [0.29, 0.717) is 42.2 Å². The summed E-state index contributed by atoms with van der Waals surface area (Å²) in [6.45, 7) is 8.65. The number of hydrogen-bond donors (Lipinski definition) is 5. The number of hydrogen-bond acceptors (Lipinski definition) is 11. The zero-order chi connectivity index (χ0) is 41.4. The van der Waals surface area contributed by atoms with Crippen molar-refractivity contribution in [1.29, 1.82) is 0 Å². The molecule has 2 aliphatic heterocycles. The maximum atomic E-state index is 13.0. The number of aromatic nitrogens is 2. The number of halogens is 2. The molecule has 0 spiro atoms. The first-order valence-corrected chi connectivity index (χ1v) is 18.7. The highest BCUT2D eigenvalue weighted by atomic mass is 19.1. The Hall–Kier alpha value is -5.81. The molecule has 4 heterocycles. The number of nitrogens with zero attached hydrogens (tertiary/aromatic N) is 3. The van der Waals surface area contributed by atoms with Gasteiger partial charge in [-0.25, -0.2) is 8.78 Å². The Morgan fingerprint density at radius 3 is 1.54 bits per heavy atom. The molecule has 0 unspecified atom stereocenters. The van der Waals surface area contributed by atoms with Crippen LogP contribution < -0.4 is 27.4 Å². The number of unbranched alkanes of at least 4 members (excludes halogenated alkanes) is 4. The molecular weight excluding hydrogens is 767 g/mol. The number of carbonyl (C=O) groups excluding carboxylic acids is 5. The summed E-state index contributed by atoms with van der Waals surface area (Å²) < 4.78 is 36.0. The number of nitrogens with one attached hydrogen (secondary N) is 3. The van der Waals surface area contributed by atoms with Crippen LogP contribution in [0.1, 0.15) is 88.2 Å². The van der Waals surface area contributed by atoms with Crippen LogP contribution in [-0.4, -0.2) is 90.9 Å². The molecule has 2 aromatic heterocycles. The molecule has 15 nitrogen and oxygen atoms in total. The van der Waals surface area contributed by atoms with Gasteiger partial charge in [0, 0.05) is 68.9 Å². The van der Waals surface area contributed by atoms with Crippen LogP contribution in [0.5, 0.6) is 0 Å². The van der Waals surface area contributed by atoms with Crippen LogP contribution in [0, 0.1) is 22.5 Å². The van der Waals surface area contributed by atoms with E-state index in [4.69, 9.17) is 20.5 Å². The molecule has 322 valence electrons. The molecule has 17 heteroatoms. The monoisotopic (exact) mass is 824 g/mol. The standard InChI is InChI=1S/C20H25FN4O3.C15H15FN2O3.C5H10N2O.2CH4/c1-20(19(22)27)12-25(13-20)10-4-2-3-9-23-18(26)16-11-17(28-24-16)14-5-7-15(21)8-6-14;16-12-6-4-11(5-7-12)14-10-13(18-21-14)15(20)17-8-2-1-3-9-19;1-5(4(6)8)2-7-3-5;;/h5-8,11H,2-4,9-10,12-13H2,1H3,(H2,22,27)(H,23,26);4-7,9-10H,1-3,8H2,(H,17,20);7H,2-3H2,1H3,(H2,6,8);2*1H4. The number of benzene rings is 2. The summed E-state index contributed by atoms with van der Waals surface area (Å²) >= 11 is 0. The smallest absolute Gasteiger partial charge is 0.273 e. The van der Waals surface area contributed by atoms with Gasteiger partial charge in [-0.05, 0) is 94.6 Å². The van der Waals surface area contributed by atoms with Gasteiger partial charge in [0.15, 0.2) is 22.9 Å². The first kappa shape index (κ1) is 49.3. The predicted octanol–water partition coefficient (Wildman–Crippen LogP) is 5.12. The highest BCUT2D eigenvalue weighted by Crippen LogP contribution is 2.29. The lowest BCUT2D eigenvalue weighted by molar-refractivity contribution is -0.136. The van der Waals surface area contributed by atoms with Crippen LogP contribution in [0.4, 0.5) is 8.78 Å². The summed E-state index contributed by atoms with van der Waals surface area (Å²) in [4.78, 5) is 58.1. The van der Waals surface area contributed by atoms with Gasteiger partial charge in [-0.3, -0.25) is 19.2 Å². The molecule has 2 saturated heterocycles. The van der Waals surface area contributed by atoms with Crippen LogP contribution >= 0.6 is 0 Å². The topological polar surface area (TPSA) is 229 Å². The van der Waals surface area contributed by atoms with Crippen molar-refractivity contribution in [2.75, 3.05) is 45.8 Å². The van der Waals surface area contributed by atoms with Crippen molar-refractivity contribution in [2.45, 2.75) is 67.2 Å². The van der Waals surface area contributed by atoms with E-state index in [0.717, 1.165) is 71.1 Å². The molecule has 0 saturated carbocycles. The number of amides is 4. The Kier molecular flexibility index (Phi) is 19.7. The van der Waals surface area contributed by atoms with Crippen molar-refractivity contribution in [2.24, 2.45) is 22.3 Å². The zero-order valence-electron chi connectivity index (χ0n) is 32.2. The summed E-state index contributed by atoms with van der Waals surface area (Å²) in [5.74, 6) is -0.916. The molecule has 2 aliphatic rings. The van der Waals surface area contributed by atoms with E-state index in [1.165, 1.54) is 30.3 Å². The second-order valence-corrected chi connectivity index (χ2v) is 14.6. The minimum atomic E-state index is -0.377. The van der Waals surface area contributed by atoms with Gasteiger partial charge < -0.3 is 46.2 Å². The maximum absolute atomic E-state index is 13.0. The van der Waals surface area contributed by atoms with Crippen LogP contribution in [0.3, 0.4) is 0 Å². The fourth-order valence-corrected chi connectivity index (χ4v) is 5.77. The number of rotatable bonds is 17. The van der Waals surface area contributed by atoms with Crippen molar-refractivity contribution in [1.82, 2.24) is 31.2 Å². The minimum Gasteiger partial charge on any atom is -0.369 e. The van der Waals surface area contributed by atoms with E-state index in [2.05, 4.69) is 31.2 Å². The Labute approximate surface area is 344 Å². The number of likely N-dealkylation sites (tertiary alicyclic amines) is 1. The van der Waals surface area contributed by atoms with Crippen molar-refractivity contribution >= 4 is 29.9 Å². The van der Waals surface area contributed by atoms with Crippen molar-refractivity contribution in [3.8, 4) is 22.6 Å². The predicted molar refractivity (Wildman–Crippen MR) is 220 cm³/mol. The van der Waals surface area contributed by atoms with Crippen LogP contribution in [0.2, 0.25) is 0 Å². The van der Waals surface area contributed by atoms with Gasteiger partial charge >= 0.3 is 0 Å². The second kappa shape index (κ2) is 23.6. The summed E-state index contributed by atoms with van der Waals surface area (Å²) in [7, 11) is 0. The maximum Gasteiger partial charge on any atom is 0.273 e. The molecular formula is C42H58F2N8O7. The van der Waals surface area contributed by atoms with Crippen molar-refractivity contribution in [3.05, 3.63) is 83.7 Å². The SMILES string of the molecule is C.C.CC1(C(N)=O)CN(CCCCCNC(=O)c2cc(-c3ccc(F)cc3)on2)C1.CC1(C(N)=O)CNC1.O=CCCCCNC(=O)c1cc(-c2ccc(F)cc2)on1. The molecule has 4 amide bonds. The van der Waals surface area contributed by atoms with Gasteiger partial charge in [0.25, 0.3) is 11.8 Å². The van der Waals surface area contributed by atoms with Gasteiger partial charge in [0.2, 0.25) is 11.8 Å². The molecule has 0 radical (unpaired) electrons. The lowest BCUT2D eigenvalue weighted by Crippen LogP contribution is -2.60. The third-order valence-electron chi connectivity index (χ3n) is 9.58. The summed E-state index contributed by atoms with van der Waals surface area (Å²) in [6, 6.07) is 14.6. The zero-order valence-corrected chi connectivity index (χ0v) is 32.2. The lowest BCUT2D eigenvalue weighted by Gasteiger charge is -2.45. The first-order chi connectivity index (χ1) is 27.2. The summed E-state index contributed by atoms with van der Waals surface area (Å²) in [5.41, 5.74) is 11.5. The van der Waals surface area contributed by atoms with Crippen LogP contribution in [-0.2, 0) is 14.4 Å². The number of primary amides is 2. The molecule has 0 aliphatic carbocycles. The fourth-order valence-electron chi connectivity index (χ4n) is 5.77. The summed E-state index contributed by atoms with van der Waals surface area (Å²) in [5, 5.41) is 16.0. The molecule has 2 aromatic carbocycles. The van der Waals surface area contributed by atoms with E-state index >= 15 is 0 Å². The van der Waals surface area contributed by atoms with Crippen LogP contribution in [0.25, 0.3) is 22.6 Å². The lowest BCUT2D eigenvalue weighted by atomic mass is 9.81. The molecule has 2 fully saturated rings. The number of nitrogens with two attached hydrogens (primary N) is 2. The molecule has 0 bridgehead atoms. The molecule has 4 aromatic rings. The average molecular weight is 825 g/mol. The highest BCUT2D eigenvalue weighted by Gasteiger charge is 2.43. The van der Waals surface area contributed by atoms with Gasteiger partial charge in [0.05, 0.1) is 10.8 Å². The Bertz CT molecular complexity index is 1940. The third-order valence-corrected chi connectivity index (χ3v) is 9.58. The first-order valence-electron chi connectivity index (χ1n) is 18.7. The van der Waals surface area contributed by atoms with Gasteiger partial charge in [-0.2, -0.15) is 0 Å². The van der Waals surface area contributed by atoms with E-state index in [-0.39, 0.29) is 72.3 Å². The number of aldehydes is 1. The molecule has 59 heavy (non-hydrogen) atoms. The minimum absolute atomic E-state index is 0. The summed E-state index contributed by atoms with van der Waals surface area (Å²) in [6.07, 6.45) is 5.65. The van der Waals surface area contributed by atoms with Gasteiger partial charge in [-0.1, -0.05) is 31.6 Å². The Morgan fingerprint density at radius 1 is 0.729 bits per heavy atom. The second-order valence-electron chi connectivity index (χ2n) is 14.6. The van der Waals surface area contributed by atoms with E-state index in [9.17, 15) is 32.8 Å². The average Bonchev–Trinajstić information content (AvgIpc) is 3.87. The Morgan fingerprint density at radius 2 is 1.17 bits per heavy atom. The normalized spacial score (nSPS) is 14.4. The Balaban J connectivity index is 0.000000341. The van der Waals surface area contributed by atoms with Gasteiger partial charge in [0.1, 0.15) is 17.9 Å². The van der Waals surface area contributed by atoms with Crippen molar-refractivity contribution < 1.29 is 41.8 Å². The van der Waals surface area contributed by atoms with Crippen LogP contribution in [0.15, 0.2) is 69.7 Å². The molecule has 7 N–H and O–H groups in total. The largest absolute Gasteiger partial charge is 0.369 e.